The molecular weight excluding hydrogens is 457 g/mol. The van der Waals surface area contributed by atoms with Crippen LogP contribution in [0.5, 0.6) is 0 Å². The first-order chi connectivity index (χ1) is 12.3. The maximum atomic E-state index is 9.43. The van der Waals surface area contributed by atoms with Crippen molar-refractivity contribution >= 4 is 69.6 Å². The molecule has 0 N–H and O–H groups in total. The lowest BCUT2D eigenvalue weighted by atomic mass is 10.0. The van der Waals surface area contributed by atoms with Crippen LogP contribution in [0.15, 0.2) is 36.4 Å². The average molecular weight is 463 g/mol. The van der Waals surface area contributed by atoms with Crippen LogP contribution in [-0.2, 0) is 0 Å². The molecule has 0 amide bonds. The quantitative estimate of drug-likeness (QED) is 0.360. The Morgan fingerprint density at radius 1 is 0.654 bits per heavy atom. The molecule has 0 saturated carbocycles. The van der Waals surface area contributed by atoms with Crippen molar-refractivity contribution in [2.45, 2.75) is 0 Å². The summed E-state index contributed by atoms with van der Waals surface area (Å²) in [6.45, 7) is 0. The molecule has 0 aliphatic rings. The van der Waals surface area contributed by atoms with Gasteiger partial charge in [0.25, 0.3) is 0 Å². The number of aromatic nitrogens is 1. The fraction of sp³-hybridized carbons (Fsp3) is 0. The van der Waals surface area contributed by atoms with Gasteiger partial charge in [-0.2, -0.15) is 5.26 Å². The molecule has 0 saturated heterocycles. The summed E-state index contributed by atoms with van der Waals surface area (Å²) in [5.74, 6) is 0. The molecule has 0 fully saturated rings. The van der Waals surface area contributed by atoms with E-state index in [2.05, 4.69) is 11.1 Å². The Labute approximate surface area is 179 Å². The summed E-state index contributed by atoms with van der Waals surface area (Å²) in [5, 5.41) is 11.4. The van der Waals surface area contributed by atoms with E-state index in [1.54, 1.807) is 24.3 Å². The standard InChI is InChI=1S/C18H6Cl6N2/c19-11-5-15(23)13(21)3-9(11)17-2-1-8(7-25)18(26-17)10-4-14(22)16(24)6-12(10)20/h1-6H. The molecule has 2 aromatic carbocycles. The molecule has 26 heavy (non-hydrogen) atoms. The molecule has 8 heteroatoms. The molecule has 1 heterocycles. The van der Waals surface area contributed by atoms with E-state index in [1.165, 1.54) is 12.1 Å². The summed E-state index contributed by atoms with van der Waals surface area (Å²) in [6.07, 6.45) is 0. The summed E-state index contributed by atoms with van der Waals surface area (Å²) >= 11 is 36.7. The predicted molar refractivity (Wildman–Crippen MR) is 110 cm³/mol. The normalized spacial score (nSPS) is 10.7. The van der Waals surface area contributed by atoms with Gasteiger partial charge in [-0.3, -0.25) is 0 Å². The van der Waals surface area contributed by atoms with Gasteiger partial charge in [-0.15, -0.1) is 0 Å². The molecule has 1 aromatic heterocycles. The second-order valence-electron chi connectivity index (χ2n) is 5.20. The first-order valence-corrected chi connectivity index (χ1v) is 9.29. The third kappa shape index (κ3) is 3.75. The summed E-state index contributed by atoms with van der Waals surface area (Å²) in [7, 11) is 0. The van der Waals surface area contributed by atoms with Crippen molar-refractivity contribution < 1.29 is 0 Å². The highest BCUT2D eigenvalue weighted by Crippen LogP contribution is 2.39. The van der Waals surface area contributed by atoms with E-state index in [0.29, 0.717) is 58.2 Å². The van der Waals surface area contributed by atoms with E-state index in [-0.39, 0.29) is 0 Å². The van der Waals surface area contributed by atoms with Crippen LogP contribution < -0.4 is 0 Å². The summed E-state index contributed by atoms with van der Waals surface area (Å²) in [6, 6.07) is 11.6. The van der Waals surface area contributed by atoms with Gasteiger partial charge < -0.3 is 0 Å². The van der Waals surface area contributed by atoms with Crippen LogP contribution in [0.4, 0.5) is 0 Å². The molecular formula is C18H6Cl6N2. The SMILES string of the molecule is N#Cc1ccc(-c2cc(Cl)c(Cl)cc2Cl)nc1-c1cc(Cl)c(Cl)cc1Cl. The number of hydrogen-bond donors (Lipinski definition) is 0. The van der Waals surface area contributed by atoms with Crippen molar-refractivity contribution in [1.29, 1.82) is 5.26 Å². The third-order valence-electron chi connectivity index (χ3n) is 3.57. The maximum Gasteiger partial charge on any atom is 0.101 e. The van der Waals surface area contributed by atoms with E-state index >= 15 is 0 Å². The minimum atomic E-state index is 0.301. The van der Waals surface area contributed by atoms with Crippen LogP contribution >= 0.6 is 69.6 Å². The van der Waals surface area contributed by atoms with Gasteiger partial charge in [0.15, 0.2) is 0 Å². The highest BCUT2D eigenvalue weighted by molar-refractivity contribution is 6.44. The highest BCUT2D eigenvalue weighted by atomic mass is 35.5. The van der Waals surface area contributed by atoms with Crippen molar-refractivity contribution in [2.24, 2.45) is 0 Å². The minimum Gasteiger partial charge on any atom is -0.246 e. The van der Waals surface area contributed by atoms with Gasteiger partial charge in [0.05, 0.1) is 47.1 Å². The Balaban J connectivity index is 2.26. The van der Waals surface area contributed by atoms with E-state index in [9.17, 15) is 5.26 Å². The lowest BCUT2D eigenvalue weighted by Gasteiger charge is -2.11. The van der Waals surface area contributed by atoms with Gasteiger partial charge in [0.2, 0.25) is 0 Å². The maximum absolute atomic E-state index is 9.43. The van der Waals surface area contributed by atoms with Crippen molar-refractivity contribution in [3.8, 4) is 28.6 Å². The lowest BCUT2D eigenvalue weighted by molar-refractivity contribution is 1.30. The van der Waals surface area contributed by atoms with Crippen molar-refractivity contribution in [3.63, 3.8) is 0 Å². The van der Waals surface area contributed by atoms with Gasteiger partial charge >= 0.3 is 0 Å². The average Bonchev–Trinajstić information content (AvgIpc) is 2.61. The molecule has 0 unspecified atom stereocenters. The Morgan fingerprint density at radius 2 is 1.15 bits per heavy atom. The molecule has 0 aliphatic heterocycles. The monoisotopic (exact) mass is 460 g/mol. The zero-order chi connectivity index (χ0) is 19.0. The molecule has 3 aromatic rings. The van der Waals surface area contributed by atoms with E-state index in [4.69, 9.17) is 69.6 Å². The third-order valence-corrected chi connectivity index (χ3v) is 5.64. The molecule has 0 bridgehead atoms. The van der Waals surface area contributed by atoms with Crippen LogP contribution in [0.25, 0.3) is 22.5 Å². The van der Waals surface area contributed by atoms with Crippen molar-refractivity contribution in [2.75, 3.05) is 0 Å². The Hall–Kier alpha value is -1.18. The molecule has 0 aliphatic carbocycles. The van der Waals surface area contributed by atoms with Gasteiger partial charge in [0, 0.05) is 11.1 Å². The van der Waals surface area contributed by atoms with Gasteiger partial charge in [0.1, 0.15) is 6.07 Å². The number of benzene rings is 2. The lowest BCUT2D eigenvalue weighted by Crippen LogP contribution is -1.94. The number of rotatable bonds is 2. The first-order valence-electron chi connectivity index (χ1n) is 7.02. The van der Waals surface area contributed by atoms with Gasteiger partial charge in [-0.1, -0.05) is 69.6 Å². The fourth-order valence-corrected chi connectivity index (χ4v) is 3.61. The summed E-state index contributed by atoms with van der Waals surface area (Å²) in [4.78, 5) is 4.55. The predicted octanol–water partition coefficient (Wildman–Crippen LogP) is 8.21. The molecule has 0 radical (unpaired) electrons. The molecule has 3 rings (SSSR count). The zero-order valence-corrected chi connectivity index (χ0v) is 17.2. The Bertz CT molecular complexity index is 1070. The Kier molecular flexibility index (Phi) is 5.89. The highest BCUT2D eigenvalue weighted by Gasteiger charge is 2.16. The van der Waals surface area contributed by atoms with E-state index in [0.717, 1.165) is 0 Å². The van der Waals surface area contributed by atoms with Crippen LogP contribution in [0.2, 0.25) is 30.1 Å². The number of nitriles is 1. The largest absolute Gasteiger partial charge is 0.246 e. The minimum absolute atomic E-state index is 0.301. The van der Waals surface area contributed by atoms with Crippen LogP contribution in [0.3, 0.4) is 0 Å². The van der Waals surface area contributed by atoms with E-state index < -0.39 is 0 Å². The summed E-state index contributed by atoms with van der Waals surface area (Å²) in [5.41, 5.74) is 2.24. The second kappa shape index (κ2) is 7.82. The molecule has 130 valence electrons. The molecule has 0 atom stereocenters. The van der Waals surface area contributed by atoms with Crippen molar-refractivity contribution in [1.82, 2.24) is 4.98 Å². The fourth-order valence-electron chi connectivity index (χ4n) is 2.33. The van der Waals surface area contributed by atoms with Crippen molar-refractivity contribution in [3.05, 3.63) is 72.1 Å². The van der Waals surface area contributed by atoms with Crippen LogP contribution in [0.1, 0.15) is 5.56 Å². The smallest absolute Gasteiger partial charge is 0.101 e. The van der Waals surface area contributed by atoms with Crippen LogP contribution in [-0.4, -0.2) is 4.98 Å². The summed E-state index contributed by atoms with van der Waals surface area (Å²) < 4.78 is 0. The second-order valence-corrected chi connectivity index (χ2v) is 7.64. The number of pyridine rings is 1. The zero-order valence-electron chi connectivity index (χ0n) is 12.6. The Morgan fingerprint density at radius 3 is 1.73 bits per heavy atom. The number of halogens is 6. The first kappa shape index (κ1) is 19.6. The van der Waals surface area contributed by atoms with Gasteiger partial charge in [-0.05, 0) is 36.4 Å². The molecule has 2 nitrogen and oxygen atoms in total. The van der Waals surface area contributed by atoms with Gasteiger partial charge in [-0.25, -0.2) is 4.98 Å². The number of nitrogens with zero attached hydrogens (tertiary/aromatic N) is 2. The van der Waals surface area contributed by atoms with E-state index in [1.807, 2.05) is 0 Å². The molecule has 0 spiro atoms. The topological polar surface area (TPSA) is 36.7 Å². The van der Waals surface area contributed by atoms with Crippen LogP contribution in [0, 0.1) is 11.3 Å². The number of hydrogen-bond acceptors (Lipinski definition) is 2.